The molecule has 0 aromatic heterocycles. The Balaban J connectivity index is 1.50. The Hall–Kier alpha value is -2.10. The molecule has 124 valence electrons. The van der Waals surface area contributed by atoms with Gasteiger partial charge < -0.3 is 9.84 Å². The van der Waals surface area contributed by atoms with Crippen LogP contribution in [0.2, 0.25) is 0 Å². The fourth-order valence-corrected chi connectivity index (χ4v) is 5.77. The number of phenolic OH excluding ortho intramolecular Hbond substituents is 1. The number of aliphatic imine (C=N–C) groups is 1. The summed E-state index contributed by atoms with van der Waals surface area (Å²) >= 11 is 0. The Morgan fingerprint density at radius 2 is 1.71 bits per heavy atom. The molecule has 6 rings (SSSR count). The summed E-state index contributed by atoms with van der Waals surface area (Å²) in [6.45, 7) is 0. The van der Waals surface area contributed by atoms with Crippen LogP contribution in [0, 0.1) is 23.2 Å². The summed E-state index contributed by atoms with van der Waals surface area (Å²) in [6, 6.07) is 6.97. The van der Waals surface area contributed by atoms with Gasteiger partial charge in [0, 0.05) is 11.0 Å². The van der Waals surface area contributed by atoms with Gasteiger partial charge in [-0.1, -0.05) is 18.2 Å². The van der Waals surface area contributed by atoms with E-state index in [-0.39, 0.29) is 17.1 Å². The quantitative estimate of drug-likeness (QED) is 0.663. The number of cyclic esters (lactones) is 1. The number of benzene rings is 1. The topological polar surface area (TPSA) is 58.9 Å². The van der Waals surface area contributed by atoms with E-state index in [4.69, 9.17) is 4.74 Å². The molecular weight excluding hydrogens is 302 g/mol. The van der Waals surface area contributed by atoms with Gasteiger partial charge in [0.05, 0.1) is 0 Å². The van der Waals surface area contributed by atoms with Crippen molar-refractivity contribution in [1.29, 1.82) is 0 Å². The third-order valence-corrected chi connectivity index (χ3v) is 6.34. The first kappa shape index (κ1) is 14.3. The second kappa shape index (κ2) is 4.95. The molecule has 4 fully saturated rings. The van der Waals surface area contributed by atoms with E-state index >= 15 is 0 Å². The summed E-state index contributed by atoms with van der Waals surface area (Å²) in [5.41, 5.74) is 0.890. The number of para-hydroxylation sites is 1. The van der Waals surface area contributed by atoms with Crippen LogP contribution in [0.15, 0.2) is 35.0 Å². The van der Waals surface area contributed by atoms with Crippen molar-refractivity contribution in [2.75, 3.05) is 0 Å². The zero-order valence-electron chi connectivity index (χ0n) is 13.6. The lowest BCUT2D eigenvalue weighted by Crippen LogP contribution is -2.50. The molecule has 1 aromatic carbocycles. The lowest BCUT2D eigenvalue weighted by atomic mass is 9.49. The minimum absolute atomic E-state index is 0.0151. The molecule has 0 spiro atoms. The zero-order chi connectivity index (χ0) is 16.3. The van der Waals surface area contributed by atoms with Crippen molar-refractivity contribution >= 4 is 17.9 Å². The molecule has 0 radical (unpaired) electrons. The molecule has 1 aromatic rings. The first-order valence-corrected chi connectivity index (χ1v) is 8.92. The minimum atomic E-state index is -0.385. The van der Waals surface area contributed by atoms with Crippen LogP contribution in [0.3, 0.4) is 0 Å². The van der Waals surface area contributed by atoms with Crippen molar-refractivity contribution in [2.24, 2.45) is 28.2 Å². The number of carbonyl (C=O) groups is 1. The average Bonchev–Trinajstić information content (AvgIpc) is 2.90. The second-order valence-electron chi connectivity index (χ2n) is 8.09. The van der Waals surface area contributed by atoms with Gasteiger partial charge in [-0.15, -0.1) is 0 Å². The molecule has 4 bridgehead atoms. The molecule has 1 heterocycles. The Morgan fingerprint density at radius 3 is 2.33 bits per heavy atom. The number of nitrogens with zero attached hydrogens (tertiary/aromatic N) is 1. The molecule has 5 aliphatic rings. The van der Waals surface area contributed by atoms with Gasteiger partial charge in [0.1, 0.15) is 5.75 Å². The van der Waals surface area contributed by atoms with Crippen LogP contribution >= 0.6 is 0 Å². The van der Waals surface area contributed by atoms with E-state index in [1.807, 2.05) is 6.07 Å². The van der Waals surface area contributed by atoms with E-state index < -0.39 is 0 Å². The standard InChI is InChI=1S/C20H21NO3/c22-17-4-2-1-3-15(17)8-16-18(23)24-19(21-16)20-9-12-5-13(10-20)7-14(6-12)11-20/h1-4,8,12-14,22H,5-7,9-11H2/b16-8+. The number of phenols is 1. The number of rotatable bonds is 2. The Bertz CT molecular complexity index is 742. The Kier molecular flexibility index (Phi) is 2.94. The predicted octanol–water partition coefficient (Wildman–Crippen LogP) is 3.90. The summed E-state index contributed by atoms with van der Waals surface area (Å²) in [5, 5.41) is 9.91. The maximum Gasteiger partial charge on any atom is 0.363 e. The lowest BCUT2D eigenvalue weighted by Gasteiger charge is -2.55. The van der Waals surface area contributed by atoms with Crippen molar-refractivity contribution in [3.05, 3.63) is 35.5 Å². The first-order valence-electron chi connectivity index (χ1n) is 8.92. The fourth-order valence-electron chi connectivity index (χ4n) is 5.77. The number of aromatic hydroxyl groups is 1. The number of hydrogen-bond acceptors (Lipinski definition) is 4. The van der Waals surface area contributed by atoms with E-state index in [1.54, 1.807) is 24.3 Å². The maximum atomic E-state index is 12.3. The maximum absolute atomic E-state index is 12.3. The smallest absolute Gasteiger partial charge is 0.363 e. The van der Waals surface area contributed by atoms with Crippen LogP contribution in [-0.4, -0.2) is 17.0 Å². The van der Waals surface area contributed by atoms with Crippen molar-refractivity contribution in [2.45, 2.75) is 38.5 Å². The number of esters is 1. The van der Waals surface area contributed by atoms with Gasteiger partial charge in [-0.3, -0.25) is 0 Å². The zero-order valence-corrected chi connectivity index (χ0v) is 13.6. The molecule has 24 heavy (non-hydrogen) atoms. The first-order chi connectivity index (χ1) is 11.6. The third kappa shape index (κ3) is 2.12. The fraction of sp³-hybridized carbons (Fsp3) is 0.500. The van der Waals surface area contributed by atoms with Gasteiger partial charge in [0.25, 0.3) is 0 Å². The monoisotopic (exact) mass is 323 g/mol. The number of carbonyl (C=O) groups excluding carboxylic acids is 1. The predicted molar refractivity (Wildman–Crippen MR) is 90.2 cm³/mol. The van der Waals surface area contributed by atoms with E-state index in [9.17, 15) is 9.90 Å². The van der Waals surface area contributed by atoms with Crippen molar-refractivity contribution in [3.63, 3.8) is 0 Å². The van der Waals surface area contributed by atoms with Crippen LogP contribution in [0.25, 0.3) is 6.08 Å². The molecule has 1 aliphatic heterocycles. The van der Waals surface area contributed by atoms with Crippen LogP contribution in [-0.2, 0) is 9.53 Å². The normalized spacial score (nSPS) is 38.5. The summed E-state index contributed by atoms with van der Waals surface area (Å²) in [7, 11) is 0. The molecule has 1 N–H and O–H groups in total. The van der Waals surface area contributed by atoms with Gasteiger partial charge in [-0.05, 0) is 68.4 Å². The number of hydrogen-bond donors (Lipinski definition) is 1. The summed E-state index contributed by atoms with van der Waals surface area (Å²) in [5.74, 6) is 2.75. The highest BCUT2D eigenvalue weighted by atomic mass is 16.6. The van der Waals surface area contributed by atoms with Crippen molar-refractivity contribution in [1.82, 2.24) is 0 Å². The second-order valence-corrected chi connectivity index (χ2v) is 8.09. The lowest BCUT2D eigenvalue weighted by molar-refractivity contribution is -0.131. The van der Waals surface area contributed by atoms with Crippen LogP contribution in [0.4, 0.5) is 0 Å². The van der Waals surface area contributed by atoms with Crippen molar-refractivity contribution in [3.8, 4) is 5.75 Å². The molecule has 4 saturated carbocycles. The SMILES string of the molecule is O=C1OC(C23CC4CC(CC(C4)C2)C3)=N/C1=C/c1ccccc1O. The highest BCUT2D eigenvalue weighted by molar-refractivity contribution is 6.09. The van der Waals surface area contributed by atoms with Gasteiger partial charge in [0.2, 0.25) is 5.90 Å². The van der Waals surface area contributed by atoms with E-state index in [1.165, 1.54) is 19.3 Å². The number of ether oxygens (including phenoxy) is 1. The molecule has 0 saturated heterocycles. The van der Waals surface area contributed by atoms with Gasteiger partial charge >= 0.3 is 5.97 Å². The summed E-state index contributed by atoms with van der Waals surface area (Å²) in [4.78, 5) is 16.9. The third-order valence-electron chi connectivity index (χ3n) is 6.34. The van der Waals surface area contributed by atoms with E-state index in [2.05, 4.69) is 4.99 Å². The van der Waals surface area contributed by atoms with E-state index in [0.29, 0.717) is 17.2 Å². The van der Waals surface area contributed by atoms with E-state index in [0.717, 1.165) is 37.0 Å². The highest BCUT2D eigenvalue weighted by Crippen LogP contribution is 2.61. The molecule has 0 unspecified atom stereocenters. The molecule has 4 aliphatic carbocycles. The summed E-state index contributed by atoms with van der Waals surface area (Å²) < 4.78 is 5.63. The highest BCUT2D eigenvalue weighted by Gasteiger charge is 2.55. The van der Waals surface area contributed by atoms with Crippen molar-refractivity contribution < 1.29 is 14.6 Å². The van der Waals surface area contributed by atoms with Gasteiger partial charge in [-0.25, -0.2) is 9.79 Å². The van der Waals surface area contributed by atoms with Crippen LogP contribution < -0.4 is 0 Å². The molecular formula is C20H21NO3. The van der Waals surface area contributed by atoms with Gasteiger partial charge in [-0.2, -0.15) is 0 Å². The average molecular weight is 323 g/mol. The minimum Gasteiger partial charge on any atom is -0.507 e. The molecule has 4 heteroatoms. The molecule has 4 nitrogen and oxygen atoms in total. The molecule has 0 amide bonds. The van der Waals surface area contributed by atoms with Gasteiger partial charge in [0.15, 0.2) is 5.70 Å². The van der Waals surface area contributed by atoms with Crippen LogP contribution in [0.1, 0.15) is 44.1 Å². The molecule has 0 atom stereocenters. The Morgan fingerprint density at radius 1 is 1.08 bits per heavy atom. The summed E-state index contributed by atoms with van der Waals surface area (Å²) in [6.07, 6.45) is 9.04. The largest absolute Gasteiger partial charge is 0.507 e. The van der Waals surface area contributed by atoms with Crippen LogP contribution in [0.5, 0.6) is 5.75 Å². The Labute approximate surface area is 141 Å².